The van der Waals surface area contributed by atoms with Gasteiger partial charge in [0.25, 0.3) is 5.91 Å². The van der Waals surface area contributed by atoms with Crippen LogP contribution in [-0.2, 0) is 16.1 Å². The number of carboxylic acid groups (broad SMARTS) is 1. The minimum absolute atomic E-state index is 0.0965. The number of urea groups is 1. The predicted octanol–water partition coefficient (Wildman–Crippen LogP) is 2.21. The Kier molecular flexibility index (Phi) is 5.42. The van der Waals surface area contributed by atoms with Crippen LogP contribution in [-0.4, -0.2) is 44.9 Å². The molecule has 1 aliphatic heterocycles. The van der Waals surface area contributed by atoms with Crippen LogP contribution >= 0.6 is 0 Å². The van der Waals surface area contributed by atoms with E-state index < -0.39 is 30.0 Å². The second kappa shape index (κ2) is 7.34. The van der Waals surface area contributed by atoms with Gasteiger partial charge in [-0.15, -0.1) is 0 Å². The fraction of sp³-hybridized carbons (Fsp3) is 0.444. The van der Waals surface area contributed by atoms with E-state index in [1.54, 1.807) is 24.3 Å². The van der Waals surface area contributed by atoms with E-state index in [9.17, 15) is 19.5 Å². The average Bonchev–Trinajstić information content (AvgIpc) is 2.84. The van der Waals surface area contributed by atoms with Crippen molar-refractivity contribution in [2.75, 3.05) is 0 Å². The number of hydrogen-bond acceptors (Lipinski definition) is 4. The van der Waals surface area contributed by atoms with Gasteiger partial charge in [0, 0.05) is 6.54 Å². The number of benzene rings is 1. The molecule has 0 radical (unpaired) electrons. The summed E-state index contributed by atoms with van der Waals surface area (Å²) in [5.41, 5.74) is 1.28. The molecule has 132 valence electrons. The molecule has 1 fully saturated rings. The summed E-state index contributed by atoms with van der Waals surface area (Å²) >= 11 is 0. The van der Waals surface area contributed by atoms with E-state index in [2.05, 4.69) is 0 Å². The largest absolute Gasteiger partial charge is 0.480 e. The summed E-state index contributed by atoms with van der Waals surface area (Å²) in [5, 5.41) is 18.1. The lowest BCUT2D eigenvalue weighted by Gasteiger charge is -2.26. The van der Waals surface area contributed by atoms with Crippen LogP contribution in [0.25, 0.3) is 0 Å². The number of amides is 3. The Morgan fingerprint density at radius 3 is 2.36 bits per heavy atom. The van der Waals surface area contributed by atoms with Gasteiger partial charge in [0.05, 0.1) is 11.6 Å². The second-order valence-electron chi connectivity index (χ2n) is 6.27. The molecule has 1 aliphatic rings. The Balaban J connectivity index is 2.34. The minimum Gasteiger partial charge on any atom is -0.480 e. The second-order valence-corrected chi connectivity index (χ2v) is 6.27. The van der Waals surface area contributed by atoms with E-state index in [4.69, 9.17) is 5.26 Å². The molecular weight excluding hydrogens is 322 g/mol. The van der Waals surface area contributed by atoms with Gasteiger partial charge >= 0.3 is 12.0 Å². The Bertz CT molecular complexity index is 723. The summed E-state index contributed by atoms with van der Waals surface area (Å²) in [6, 6.07) is 6.29. The van der Waals surface area contributed by atoms with Gasteiger partial charge in [-0.25, -0.2) is 14.5 Å². The van der Waals surface area contributed by atoms with Crippen LogP contribution in [0.3, 0.4) is 0 Å². The molecule has 25 heavy (non-hydrogen) atoms. The van der Waals surface area contributed by atoms with Crippen molar-refractivity contribution < 1.29 is 19.5 Å². The molecule has 1 N–H and O–H groups in total. The third-order valence-corrected chi connectivity index (χ3v) is 4.64. The van der Waals surface area contributed by atoms with Crippen molar-refractivity contribution in [3.63, 3.8) is 0 Å². The highest BCUT2D eigenvalue weighted by Crippen LogP contribution is 2.29. The van der Waals surface area contributed by atoms with Gasteiger partial charge in [-0.3, -0.25) is 4.79 Å². The molecule has 0 aliphatic carbocycles. The fourth-order valence-corrected chi connectivity index (χ4v) is 2.92. The Morgan fingerprint density at radius 1 is 1.28 bits per heavy atom. The predicted molar refractivity (Wildman–Crippen MR) is 89.3 cm³/mol. The molecule has 7 heteroatoms. The van der Waals surface area contributed by atoms with Crippen LogP contribution in [0, 0.1) is 17.2 Å². The standard InChI is InChI=1S/C18H21N3O4/c1-4-11(2)15-16(22)21(12(3)17(23)24)18(25)20(15)10-14-7-5-13(9-19)6-8-14/h5-8,11-12,15H,4,10H2,1-3H3,(H,23,24). The lowest BCUT2D eigenvalue weighted by Crippen LogP contribution is -2.44. The van der Waals surface area contributed by atoms with Gasteiger partial charge in [-0.1, -0.05) is 32.4 Å². The maximum Gasteiger partial charge on any atom is 0.328 e. The van der Waals surface area contributed by atoms with Gasteiger partial charge in [-0.2, -0.15) is 5.26 Å². The van der Waals surface area contributed by atoms with Crippen LogP contribution in [0.2, 0.25) is 0 Å². The molecule has 1 saturated heterocycles. The Labute approximate surface area is 146 Å². The molecule has 0 saturated carbocycles. The van der Waals surface area contributed by atoms with Gasteiger partial charge in [-0.05, 0) is 30.5 Å². The summed E-state index contributed by atoms with van der Waals surface area (Å²) in [4.78, 5) is 39.0. The van der Waals surface area contributed by atoms with Crippen LogP contribution in [0.4, 0.5) is 4.79 Å². The number of carbonyl (C=O) groups excluding carboxylic acids is 2. The van der Waals surface area contributed by atoms with Gasteiger partial charge in [0.1, 0.15) is 12.1 Å². The molecule has 0 aromatic heterocycles. The summed E-state index contributed by atoms with van der Waals surface area (Å²) in [6.07, 6.45) is 0.683. The Hall–Kier alpha value is -2.88. The van der Waals surface area contributed by atoms with Crippen molar-refractivity contribution in [1.29, 1.82) is 5.26 Å². The zero-order valence-electron chi connectivity index (χ0n) is 14.5. The maximum absolute atomic E-state index is 12.7. The number of nitriles is 1. The van der Waals surface area contributed by atoms with E-state index in [1.165, 1.54) is 11.8 Å². The van der Waals surface area contributed by atoms with Crippen molar-refractivity contribution in [2.45, 2.75) is 45.8 Å². The number of hydrogen-bond donors (Lipinski definition) is 1. The molecule has 3 unspecified atom stereocenters. The molecule has 1 aromatic rings. The molecule has 1 aromatic carbocycles. The molecular formula is C18H21N3O4. The Morgan fingerprint density at radius 2 is 1.88 bits per heavy atom. The summed E-state index contributed by atoms with van der Waals surface area (Å²) in [6.45, 7) is 5.31. The van der Waals surface area contributed by atoms with E-state index in [1.807, 2.05) is 19.9 Å². The quantitative estimate of drug-likeness (QED) is 0.798. The minimum atomic E-state index is -1.22. The number of nitrogens with zero attached hydrogens (tertiary/aromatic N) is 3. The number of aliphatic carboxylic acids is 1. The van der Waals surface area contributed by atoms with E-state index in [0.29, 0.717) is 12.0 Å². The topological polar surface area (TPSA) is 102 Å². The maximum atomic E-state index is 12.7. The summed E-state index contributed by atoms with van der Waals surface area (Å²) in [5.74, 6) is -1.78. The van der Waals surface area contributed by atoms with Gasteiger partial charge in [0.2, 0.25) is 0 Å². The molecule has 1 heterocycles. The third kappa shape index (κ3) is 3.48. The zero-order chi connectivity index (χ0) is 18.7. The highest BCUT2D eigenvalue weighted by Gasteiger charge is 2.50. The zero-order valence-corrected chi connectivity index (χ0v) is 14.5. The normalized spacial score (nSPS) is 19.7. The SMILES string of the molecule is CCC(C)C1C(=O)N(C(C)C(=O)O)C(=O)N1Cc1ccc(C#N)cc1. The fourth-order valence-electron chi connectivity index (χ4n) is 2.92. The van der Waals surface area contributed by atoms with E-state index in [-0.39, 0.29) is 12.5 Å². The van der Waals surface area contributed by atoms with Crippen LogP contribution in [0.5, 0.6) is 0 Å². The monoisotopic (exact) mass is 343 g/mol. The van der Waals surface area contributed by atoms with Crippen molar-refractivity contribution in [3.05, 3.63) is 35.4 Å². The molecule has 0 spiro atoms. The van der Waals surface area contributed by atoms with Crippen LogP contribution in [0.1, 0.15) is 38.3 Å². The van der Waals surface area contributed by atoms with Crippen LogP contribution < -0.4 is 0 Å². The van der Waals surface area contributed by atoms with Crippen LogP contribution in [0.15, 0.2) is 24.3 Å². The number of carbonyl (C=O) groups is 3. The van der Waals surface area contributed by atoms with Crippen molar-refractivity contribution in [2.24, 2.45) is 5.92 Å². The highest BCUT2D eigenvalue weighted by atomic mass is 16.4. The molecule has 2 rings (SSSR count). The summed E-state index contributed by atoms with van der Waals surface area (Å²) < 4.78 is 0. The van der Waals surface area contributed by atoms with Crippen molar-refractivity contribution in [3.8, 4) is 6.07 Å². The first-order chi connectivity index (χ1) is 11.8. The smallest absolute Gasteiger partial charge is 0.328 e. The lowest BCUT2D eigenvalue weighted by atomic mass is 9.97. The first-order valence-electron chi connectivity index (χ1n) is 8.17. The van der Waals surface area contributed by atoms with Gasteiger partial charge in [0.15, 0.2) is 0 Å². The van der Waals surface area contributed by atoms with E-state index >= 15 is 0 Å². The molecule has 3 atom stereocenters. The third-order valence-electron chi connectivity index (χ3n) is 4.64. The number of carboxylic acids is 1. The lowest BCUT2D eigenvalue weighted by molar-refractivity contribution is -0.146. The van der Waals surface area contributed by atoms with Crippen molar-refractivity contribution >= 4 is 17.9 Å². The molecule has 7 nitrogen and oxygen atoms in total. The first-order valence-corrected chi connectivity index (χ1v) is 8.17. The summed E-state index contributed by atoms with van der Waals surface area (Å²) in [7, 11) is 0. The van der Waals surface area contributed by atoms with Gasteiger partial charge < -0.3 is 10.0 Å². The van der Waals surface area contributed by atoms with E-state index in [0.717, 1.165) is 10.5 Å². The molecule has 3 amide bonds. The van der Waals surface area contributed by atoms with Crippen molar-refractivity contribution in [1.82, 2.24) is 9.80 Å². The number of rotatable bonds is 6. The number of imide groups is 1. The first kappa shape index (κ1) is 18.5. The molecule has 0 bridgehead atoms. The highest BCUT2D eigenvalue weighted by molar-refractivity contribution is 6.06. The average molecular weight is 343 g/mol.